The molecule has 0 saturated heterocycles. The molecule has 0 radical (unpaired) electrons. The molecule has 2 aliphatic rings. The zero-order chi connectivity index (χ0) is 14.3. The van der Waals surface area contributed by atoms with Gasteiger partial charge in [-0.25, -0.2) is 0 Å². The summed E-state index contributed by atoms with van der Waals surface area (Å²) in [6.45, 7) is 3.83. The Hall–Kier alpha value is -1.88. The van der Waals surface area contributed by atoms with Crippen molar-refractivity contribution in [2.75, 3.05) is 5.32 Å². The number of anilines is 1. The van der Waals surface area contributed by atoms with Crippen LogP contribution >= 0.6 is 11.8 Å². The number of hydrogen-bond donors (Lipinski definition) is 1. The van der Waals surface area contributed by atoms with Gasteiger partial charge in [-0.1, -0.05) is 29.5 Å². The van der Waals surface area contributed by atoms with Crippen LogP contribution in [0.2, 0.25) is 0 Å². The van der Waals surface area contributed by atoms with Crippen LogP contribution in [0.25, 0.3) is 0 Å². The molecular weight excluding hydrogens is 272 g/mol. The number of allylic oxidation sites excluding steroid dienone is 1. The average molecular weight is 286 g/mol. The summed E-state index contributed by atoms with van der Waals surface area (Å²) in [7, 11) is 0. The smallest absolute Gasteiger partial charge is 0.205 e. The number of nitrogens with zero attached hydrogens (tertiary/aromatic N) is 1. The van der Waals surface area contributed by atoms with Crippen molar-refractivity contribution in [2.45, 2.75) is 25.1 Å². The van der Waals surface area contributed by atoms with E-state index in [1.54, 1.807) is 0 Å². The van der Waals surface area contributed by atoms with Crippen molar-refractivity contribution in [1.29, 1.82) is 0 Å². The number of fused-ring (bicyclic) bond motifs is 1. The van der Waals surface area contributed by atoms with E-state index in [2.05, 4.69) is 10.3 Å². The van der Waals surface area contributed by atoms with Gasteiger partial charge in [0.15, 0.2) is 5.78 Å². The van der Waals surface area contributed by atoms with Crippen LogP contribution in [0.1, 0.15) is 12.5 Å². The van der Waals surface area contributed by atoms with Crippen molar-refractivity contribution < 1.29 is 9.59 Å². The lowest BCUT2D eigenvalue weighted by molar-refractivity contribution is -0.122. The van der Waals surface area contributed by atoms with Gasteiger partial charge in [-0.2, -0.15) is 0 Å². The molecule has 0 bridgehead atoms. The molecule has 1 aliphatic carbocycles. The Balaban J connectivity index is 1.86. The van der Waals surface area contributed by atoms with Gasteiger partial charge in [-0.15, -0.1) is 0 Å². The minimum atomic E-state index is -0.564. The van der Waals surface area contributed by atoms with Crippen molar-refractivity contribution in [3.63, 3.8) is 0 Å². The highest BCUT2D eigenvalue weighted by Crippen LogP contribution is 2.33. The first kappa shape index (κ1) is 13.1. The van der Waals surface area contributed by atoms with Crippen LogP contribution in [0.4, 0.5) is 5.69 Å². The van der Waals surface area contributed by atoms with E-state index in [0.717, 1.165) is 16.3 Å². The molecule has 1 N–H and O–H groups in total. The summed E-state index contributed by atoms with van der Waals surface area (Å²) in [6.07, 6.45) is 1.41. The normalized spacial score (nSPS) is 25.1. The molecule has 3 rings (SSSR count). The van der Waals surface area contributed by atoms with Crippen LogP contribution in [0.3, 0.4) is 0 Å². The highest BCUT2D eigenvalue weighted by atomic mass is 32.2. The Morgan fingerprint density at radius 1 is 1.15 bits per heavy atom. The highest BCUT2D eigenvalue weighted by Gasteiger charge is 2.43. The van der Waals surface area contributed by atoms with Crippen molar-refractivity contribution in [2.24, 2.45) is 4.99 Å². The number of nitrogens with one attached hydrogen (secondary N) is 1. The second-order valence-corrected chi connectivity index (χ2v) is 6.28. The Morgan fingerprint density at radius 2 is 1.85 bits per heavy atom. The van der Waals surface area contributed by atoms with Gasteiger partial charge in [0.1, 0.15) is 11.3 Å². The number of aliphatic imine (C=N–C) groups is 1. The number of carbonyl (C=O) groups excluding carboxylic acids is 2. The Morgan fingerprint density at radius 3 is 2.55 bits per heavy atom. The lowest BCUT2D eigenvalue weighted by atomic mass is 9.96. The molecule has 1 aromatic carbocycles. The van der Waals surface area contributed by atoms with Gasteiger partial charge in [-0.05, 0) is 26.0 Å². The minimum absolute atomic E-state index is 0.0465. The number of rotatable bonds is 2. The average Bonchev–Trinajstić information content (AvgIpc) is 2.81. The summed E-state index contributed by atoms with van der Waals surface area (Å²) in [5, 5.41) is 3.46. The summed E-state index contributed by atoms with van der Waals surface area (Å²) in [5.74, 6) is -0.158. The van der Waals surface area contributed by atoms with Gasteiger partial charge in [0.25, 0.3) is 0 Å². The quantitative estimate of drug-likeness (QED) is 0.906. The third-order valence-electron chi connectivity index (χ3n) is 3.34. The Kier molecular flexibility index (Phi) is 3.22. The van der Waals surface area contributed by atoms with Crippen molar-refractivity contribution in [1.82, 2.24) is 0 Å². The second-order valence-electron chi connectivity index (χ2n) is 4.95. The Bertz CT molecular complexity index is 646. The van der Waals surface area contributed by atoms with Crippen molar-refractivity contribution in [3.8, 4) is 0 Å². The first-order valence-corrected chi connectivity index (χ1v) is 7.27. The highest BCUT2D eigenvalue weighted by molar-refractivity contribution is 8.15. The number of aryl methyl sites for hydroxylation is 1. The van der Waals surface area contributed by atoms with Crippen LogP contribution in [0.5, 0.6) is 0 Å². The van der Waals surface area contributed by atoms with Gasteiger partial charge in [0, 0.05) is 11.8 Å². The maximum atomic E-state index is 12.4. The standard InChI is InChI=1S/C15H14N2O2S/c1-8-3-5-10(6-4-8)17-11-7-12(18)15-13(14(11)19)16-9(2)20-15/h3-7,13,15,17H,1-2H3. The van der Waals surface area contributed by atoms with E-state index in [0.29, 0.717) is 5.70 Å². The topological polar surface area (TPSA) is 58.5 Å². The van der Waals surface area contributed by atoms with Crippen LogP contribution in [-0.2, 0) is 9.59 Å². The predicted molar refractivity (Wildman–Crippen MR) is 81.2 cm³/mol. The largest absolute Gasteiger partial charge is 0.352 e. The van der Waals surface area contributed by atoms with Crippen molar-refractivity contribution >= 4 is 34.1 Å². The number of ketones is 2. The molecular formula is C15H14N2O2S. The van der Waals surface area contributed by atoms with Gasteiger partial charge in [0.05, 0.1) is 10.7 Å². The van der Waals surface area contributed by atoms with E-state index in [1.807, 2.05) is 38.1 Å². The SMILES string of the molecule is CC1=NC2C(=O)C(Nc3ccc(C)cc3)=CC(=O)C2S1. The van der Waals surface area contributed by atoms with E-state index >= 15 is 0 Å². The summed E-state index contributed by atoms with van der Waals surface area (Å²) < 4.78 is 0. The molecule has 1 aliphatic heterocycles. The monoisotopic (exact) mass is 286 g/mol. The lowest BCUT2D eigenvalue weighted by Gasteiger charge is -2.21. The molecule has 0 fully saturated rings. The fraction of sp³-hybridized carbons (Fsp3) is 0.267. The maximum Gasteiger partial charge on any atom is 0.205 e. The van der Waals surface area contributed by atoms with E-state index < -0.39 is 6.04 Å². The van der Waals surface area contributed by atoms with E-state index in [-0.39, 0.29) is 16.8 Å². The summed E-state index contributed by atoms with van der Waals surface area (Å²) in [6, 6.07) is 7.12. The number of benzene rings is 1. The molecule has 1 aromatic rings. The Labute approximate surface area is 121 Å². The lowest BCUT2D eigenvalue weighted by Crippen LogP contribution is -2.40. The summed E-state index contributed by atoms with van der Waals surface area (Å²) in [4.78, 5) is 28.7. The van der Waals surface area contributed by atoms with Crippen LogP contribution in [0.15, 0.2) is 41.0 Å². The molecule has 5 heteroatoms. The maximum absolute atomic E-state index is 12.4. The zero-order valence-electron chi connectivity index (χ0n) is 11.2. The third-order valence-corrected chi connectivity index (χ3v) is 4.53. The second kappa shape index (κ2) is 4.90. The molecule has 1 heterocycles. The van der Waals surface area contributed by atoms with Crippen LogP contribution in [0, 0.1) is 6.92 Å². The predicted octanol–water partition coefficient (Wildman–Crippen LogP) is 2.35. The molecule has 0 amide bonds. The van der Waals surface area contributed by atoms with E-state index in [1.165, 1.54) is 17.8 Å². The van der Waals surface area contributed by atoms with Gasteiger partial charge < -0.3 is 5.32 Å². The molecule has 0 aromatic heterocycles. The molecule has 2 unspecified atom stereocenters. The number of thioether (sulfide) groups is 1. The number of carbonyl (C=O) groups is 2. The van der Waals surface area contributed by atoms with Crippen LogP contribution in [-0.4, -0.2) is 27.9 Å². The molecule has 0 spiro atoms. The molecule has 102 valence electrons. The summed E-state index contributed by atoms with van der Waals surface area (Å²) in [5.41, 5.74) is 2.27. The third kappa shape index (κ3) is 2.29. The first-order valence-electron chi connectivity index (χ1n) is 6.39. The minimum Gasteiger partial charge on any atom is -0.352 e. The molecule has 0 saturated carbocycles. The van der Waals surface area contributed by atoms with Gasteiger partial charge in [0.2, 0.25) is 5.78 Å². The molecule has 2 atom stereocenters. The molecule has 4 nitrogen and oxygen atoms in total. The van der Waals surface area contributed by atoms with Crippen molar-refractivity contribution in [3.05, 3.63) is 41.6 Å². The van der Waals surface area contributed by atoms with E-state index in [9.17, 15) is 9.59 Å². The fourth-order valence-electron chi connectivity index (χ4n) is 2.30. The fourth-order valence-corrected chi connectivity index (χ4v) is 3.34. The number of hydrogen-bond acceptors (Lipinski definition) is 5. The van der Waals surface area contributed by atoms with Gasteiger partial charge in [-0.3, -0.25) is 14.6 Å². The van der Waals surface area contributed by atoms with Crippen LogP contribution < -0.4 is 5.32 Å². The number of Topliss-reactive ketones (excluding diaryl/α,β-unsaturated/α-hetero) is 1. The van der Waals surface area contributed by atoms with E-state index in [4.69, 9.17) is 0 Å². The zero-order valence-corrected chi connectivity index (χ0v) is 12.0. The first-order chi connectivity index (χ1) is 9.54. The molecule has 20 heavy (non-hydrogen) atoms. The summed E-state index contributed by atoms with van der Waals surface area (Å²) >= 11 is 1.38. The van der Waals surface area contributed by atoms with Gasteiger partial charge >= 0.3 is 0 Å².